The summed E-state index contributed by atoms with van der Waals surface area (Å²) in [6.45, 7) is 2.38. The predicted octanol–water partition coefficient (Wildman–Crippen LogP) is 2.86. The number of carbonyl (C=O) groups excluding carboxylic acids is 1. The fourth-order valence-corrected chi connectivity index (χ4v) is 3.26. The summed E-state index contributed by atoms with van der Waals surface area (Å²) in [4.78, 5) is 12.2. The maximum Gasteiger partial charge on any atom is 0.278 e. The molecule has 140 valence electrons. The van der Waals surface area contributed by atoms with Crippen molar-refractivity contribution in [2.24, 2.45) is 0 Å². The summed E-state index contributed by atoms with van der Waals surface area (Å²) >= 11 is 0. The first-order valence-corrected chi connectivity index (χ1v) is 9.64. The molecule has 0 fully saturated rings. The lowest BCUT2D eigenvalue weighted by atomic mass is 10.3. The minimum absolute atomic E-state index is 0.0362. The Labute approximate surface area is 156 Å². The van der Waals surface area contributed by atoms with Gasteiger partial charge in [0.05, 0.1) is 6.61 Å². The molecule has 0 spiro atoms. The third-order valence-electron chi connectivity index (χ3n) is 3.53. The van der Waals surface area contributed by atoms with E-state index in [0.29, 0.717) is 23.7 Å². The molecule has 1 aromatic heterocycles. The van der Waals surface area contributed by atoms with Crippen molar-refractivity contribution < 1.29 is 17.9 Å². The monoisotopic (exact) mass is 386 g/mol. The van der Waals surface area contributed by atoms with Gasteiger partial charge in [0.15, 0.2) is 10.7 Å². The van der Waals surface area contributed by atoms with Crippen LogP contribution in [0.15, 0.2) is 65.7 Å². The van der Waals surface area contributed by atoms with Crippen LogP contribution in [0.1, 0.15) is 17.4 Å². The molecule has 27 heavy (non-hydrogen) atoms. The van der Waals surface area contributed by atoms with Crippen molar-refractivity contribution in [2.75, 3.05) is 16.6 Å². The van der Waals surface area contributed by atoms with Crippen LogP contribution in [0.25, 0.3) is 0 Å². The average Bonchev–Trinajstić information content (AvgIpc) is 3.16. The standard InChI is InChI=1S/C18H18N4O4S/c1-2-26-15-10-8-14(9-11-15)22-27(24,25)17-12-16(20-21-17)18(23)19-13-6-4-3-5-7-13/h3-12,22H,2H2,1H3,(H,19,23)(H,20,21). The minimum atomic E-state index is -3.91. The minimum Gasteiger partial charge on any atom is -0.494 e. The van der Waals surface area contributed by atoms with Gasteiger partial charge in [-0.15, -0.1) is 0 Å². The van der Waals surface area contributed by atoms with Crippen molar-refractivity contribution in [1.82, 2.24) is 10.2 Å². The van der Waals surface area contributed by atoms with E-state index < -0.39 is 15.9 Å². The summed E-state index contributed by atoms with van der Waals surface area (Å²) in [6.07, 6.45) is 0. The van der Waals surface area contributed by atoms with Gasteiger partial charge in [-0.3, -0.25) is 14.6 Å². The Morgan fingerprint density at radius 2 is 1.78 bits per heavy atom. The van der Waals surface area contributed by atoms with Crippen LogP contribution in [0.2, 0.25) is 0 Å². The van der Waals surface area contributed by atoms with E-state index in [2.05, 4.69) is 20.2 Å². The normalized spacial score (nSPS) is 11.0. The van der Waals surface area contributed by atoms with Crippen LogP contribution in [0.3, 0.4) is 0 Å². The van der Waals surface area contributed by atoms with E-state index >= 15 is 0 Å². The number of hydrogen-bond donors (Lipinski definition) is 3. The molecule has 0 aliphatic carbocycles. The molecule has 0 bridgehead atoms. The second-order valence-corrected chi connectivity index (χ2v) is 7.15. The van der Waals surface area contributed by atoms with Crippen LogP contribution in [-0.4, -0.2) is 31.1 Å². The Hall–Kier alpha value is -3.33. The van der Waals surface area contributed by atoms with Gasteiger partial charge >= 0.3 is 0 Å². The number of nitrogens with one attached hydrogen (secondary N) is 3. The second-order valence-electron chi connectivity index (χ2n) is 5.50. The Bertz CT molecular complexity index is 1020. The van der Waals surface area contributed by atoms with Gasteiger partial charge in [-0.2, -0.15) is 13.5 Å². The number of para-hydroxylation sites is 1. The SMILES string of the molecule is CCOc1ccc(NS(=O)(=O)c2cc(C(=O)Nc3ccccc3)n[nH]2)cc1. The number of anilines is 2. The molecule has 0 saturated heterocycles. The number of H-pyrrole nitrogens is 1. The fourth-order valence-electron chi connectivity index (χ4n) is 2.27. The van der Waals surface area contributed by atoms with Crippen LogP contribution in [0, 0.1) is 0 Å². The van der Waals surface area contributed by atoms with E-state index in [1.807, 2.05) is 13.0 Å². The molecule has 3 aromatic rings. The van der Waals surface area contributed by atoms with Crippen LogP contribution < -0.4 is 14.8 Å². The second kappa shape index (κ2) is 7.92. The molecule has 0 saturated carbocycles. The fraction of sp³-hybridized carbons (Fsp3) is 0.111. The van der Waals surface area contributed by atoms with Crippen molar-refractivity contribution >= 4 is 27.3 Å². The van der Waals surface area contributed by atoms with E-state index in [1.54, 1.807) is 48.5 Å². The molecule has 3 rings (SSSR count). The van der Waals surface area contributed by atoms with Gasteiger partial charge in [-0.05, 0) is 43.3 Å². The number of nitrogens with zero attached hydrogens (tertiary/aromatic N) is 1. The number of aromatic amines is 1. The smallest absolute Gasteiger partial charge is 0.278 e. The summed E-state index contributed by atoms with van der Waals surface area (Å²) in [5.74, 6) is 0.127. The number of hydrogen-bond acceptors (Lipinski definition) is 5. The summed E-state index contributed by atoms with van der Waals surface area (Å²) in [7, 11) is -3.91. The van der Waals surface area contributed by atoms with Gasteiger partial charge in [0, 0.05) is 17.4 Å². The molecule has 1 amide bonds. The van der Waals surface area contributed by atoms with Crippen molar-refractivity contribution in [2.45, 2.75) is 11.9 Å². The highest BCUT2D eigenvalue weighted by atomic mass is 32.2. The predicted molar refractivity (Wildman–Crippen MR) is 101 cm³/mol. The number of ether oxygens (including phenoxy) is 1. The first kappa shape index (κ1) is 18.5. The van der Waals surface area contributed by atoms with Crippen LogP contribution in [-0.2, 0) is 10.0 Å². The Kier molecular flexibility index (Phi) is 5.41. The van der Waals surface area contributed by atoms with Crippen molar-refractivity contribution in [3.8, 4) is 5.75 Å². The molecule has 0 unspecified atom stereocenters. The van der Waals surface area contributed by atoms with Gasteiger partial charge in [0.25, 0.3) is 15.9 Å². The van der Waals surface area contributed by atoms with Crippen LogP contribution in [0.4, 0.5) is 11.4 Å². The number of rotatable bonds is 7. The topological polar surface area (TPSA) is 113 Å². The molecular formula is C18H18N4O4S. The lowest BCUT2D eigenvalue weighted by molar-refractivity contribution is 0.102. The van der Waals surface area contributed by atoms with Gasteiger partial charge < -0.3 is 10.1 Å². The van der Waals surface area contributed by atoms with E-state index in [0.717, 1.165) is 0 Å². The molecule has 1 heterocycles. The Balaban J connectivity index is 1.71. The van der Waals surface area contributed by atoms with Crippen LogP contribution >= 0.6 is 0 Å². The molecule has 8 nitrogen and oxygen atoms in total. The van der Waals surface area contributed by atoms with E-state index in [1.165, 1.54) is 6.07 Å². The Morgan fingerprint density at radius 1 is 1.07 bits per heavy atom. The van der Waals surface area contributed by atoms with Gasteiger partial charge in [0.2, 0.25) is 0 Å². The summed E-state index contributed by atoms with van der Waals surface area (Å²) in [5, 5.41) is 8.59. The third kappa shape index (κ3) is 4.64. The van der Waals surface area contributed by atoms with E-state index in [9.17, 15) is 13.2 Å². The third-order valence-corrected chi connectivity index (χ3v) is 4.82. The maximum atomic E-state index is 12.5. The quantitative estimate of drug-likeness (QED) is 0.578. The lowest BCUT2D eigenvalue weighted by Gasteiger charge is -2.07. The Morgan fingerprint density at radius 3 is 2.44 bits per heavy atom. The molecule has 0 atom stereocenters. The van der Waals surface area contributed by atoms with E-state index in [4.69, 9.17) is 4.74 Å². The van der Waals surface area contributed by atoms with Gasteiger partial charge in [-0.1, -0.05) is 18.2 Å². The molecule has 0 radical (unpaired) electrons. The molecule has 2 aromatic carbocycles. The number of benzene rings is 2. The molecule has 3 N–H and O–H groups in total. The zero-order chi connectivity index (χ0) is 19.3. The maximum absolute atomic E-state index is 12.5. The van der Waals surface area contributed by atoms with Crippen molar-refractivity contribution in [3.05, 3.63) is 66.4 Å². The van der Waals surface area contributed by atoms with Gasteiger partial charge in [-0.25, -0.2) is 0 Å². The average molecular weight is 386 g/mol. The highest BCUT2D eigenvalue weighted by molar-refractivity contribution is 7.92. The summed E-state index contributed by atoms with van der Waals surface area (Å²) in [6, 6.07) is 16.5. The first-order valence-electron chi connectivity index (χ1n) is 8.15. The zero-order valence-electron chi connectivity index (χ0n) is 14.5. The molecule has 9 heteroatoms. The van der Waals surface area contributed by atoms with Crippen molar-refractivity contribution in [3.63, 3.8) is 0 Å². The number of carbonyl (C=O) groups is 1. The van der Waals surface area contributed by atoms with Crippen LogP contribution in [0.5, 0.6) is 5.75 Å². The summed E-state index contributed by atoms with van der Waals surface area (Å²) < 4.78 is 32.7. The summed E-state index contributed by atoms with van der Waals surface area (Å²) in [5.41, 5.74) is 0.914. The molecular weight excluding hydrogens is 368 g/mol. The molecule has 0 aliphatic rings. The number of sulfonamides is 1. The number of aromatic nitrogens is 2. The zero-order valence-corrected chi connectivity index (χ0v) is 15.3. The lowest BCUT2D eigenvalue weighted by Crippen LogP contribution is -2.13. The first-order chi connectivity index (χ1) is 13.0. The molecule has 0 aliphatic heterocycles. The van der Waals surface area contributed by atoms with Gasteiger partial charge in [0.1, 0.15) is 5.75 Å². The van der Waals surface area contributed by atoms with Crippen molar-refractivity contribution in [1.29, 1.82) is 0 Å². The highest BCUT2D eigenvalue weighted by Crippen LogP contribution is 2.19. The largest absolute Gasteiger partial charge is 0.494 e. The highest BCUT2D eigenvalue weighted by Gasteiger charge is 2.20. The van der Waals surface area contributed by atoms with E-state index in [-0.39, 0.29) is 10.7 Å². The number of amides is 1.